The summed E-state index contributed by atoms with van der Waals surface area (Å²) in [7, 11) is -2.33. The molecule has 0 aliphatic heterocycles. The van der Waals surface area contributed by atoms with E-state index in [0.717, 1.165) is 27.8 Å². The first-order chi connectivity index (χ1) is 25.9. The summed E-state index contributed by atoms with van der Waals surface area (Å²) in [6, 6.07) is 19.8. The maximum Gasteiger partial charge on any atom is 0.424 e. The lowest BCUT2D eigenvalue weighted by Gasteiger charge is -2.28. The molecular formula is C39H45FN6O8S. The quantitative estimate of drug-likeness (QED) is 0.0883. The number of amides is 1. The number of anilines is 3. The number of esters is 1. The molecule has 292 valence electrons. The van der Waals surface area contributed by atoms with E-state index in [0.29, 0.717) is 11.3 Å². The first kappa shape index (κ1) is 40.6. The van der Waals surface area contributed by atoms with Gasteiger partial charge in [-0.05, 0) is 65.1 Å². The molecule has 55 heavy (non-hydrogen) atoms. The number of nitrogens with two attached hydrogens (primary N) is 1. The molecule has 4 atom stereocenters. The molecule has 1 amide bonds. The number of carbonyl (C=O) groups is 2. The second-order valence-electron chi connectivity index (χ2n) is 14.1. The van der Waals surface area contributed by atoms with Gasteiger partial charge < -0.3 is 30.4 Å². The number of sulfone groups is 1. The third kappa shape index (κ3) is 9.57. The summed E-state index contributed by atoms with van der Waals surface area (Å²) in [5.74, 6) is -1.56. The Morgan fingerprint density at radius 1 is 1.00 bits per heavy atom. The fraction of sp³-hybridized carbons (Fsp3) is 0.333. The first-order valence-electron chi connectivity index (χ1n) is 17.4. The Labute approximate surface area is 319 Å². The zero-order valence-corrected chi connectivity index (χ0v) is 32.4. The Bertz CT molecular complexity index is 2260. The van der Waals surface area contributed by atoms with Gasteiger partial charge in [0.2, 0.25) is 6.29 Å². The number of halogens is 1. The van der Waals surface area contributed by atoms with Crippen molar-refractivity contribution < 1.29 is 41.7 Å². The summed E-state index contributed by atoms with van der Waals surface area (Å²) in [5.41, 5.74) is 8.87. The van der Waals surface area contributed by atoms with E-state index in [1.807, 2.05) is 37.3 Å². The summed E-state index contributed by atoms with van der Waals surface area (Å²) in [5, 5.41) is 18.4. The van der Waals surface area contributed by atoms with Crippen molar-refractivity contribution in [2.24, 2.45) is 11.1 Å². The third-order valence-electron chi connectivity index (χ3n) is 8.92. The van der Waals surface area contributed by atoms with Crippen molar-refractivity contribution in [2.75, 3.05) is 23.6 Å². The molecule has 0 saturated carbocycles. The van der Waals surface area contributed by atoms with E-state index >= 15 is 0 Å². The zero-order valence-electron chi connectivity index (χ0n) is 31.6. The third-order valence-corrected chi connectivity index (χ3v) is 10.0. The van der Waals surface area contributed by atoms with Gasteiger partial charge in [-0.15, -0.1) is 5.10 Å². The molecule has 3 aromatic carbocycles. The van der Waals surface area contributed by atoms with Gasteiger partial charge in [0, 0.05) is 42.1 Å². The van der Waals surface area contributed by atoms with Crippen LogP contribution < -0.4 is 20.7 Å². The highest BCUT2D eigenvalue weighted by Gasteiger charge is 2.34. The molecule has 5 rings (SSSR count). The Morgan fingerprint density at radius 2 is 1.65 bits per heavy atom. The van der Waals surface area contributed by atoms with E-state index in [2.05, 4.69) is 15.4 Å². The van der Waals surface area contributed by atoms with Crippen molar-refractivity contribution in [3.05, 3.63) is 96.4 Å². The monoisotopic (exact) mass is 776 g/mol. The summed E-state index contributed by atoms with van der Waals surface area (Å²) in [6.45, 7) is 8.82. The van der Waals surface area contributed by atoms with Gasteiger partial charge in [0.25, 0.3) is 5.95 Å². The molecule has 0 radical (unpaired) electrons. The molecule has 0 spiro atoms. The molecule has 2 heterocycles. The zero-order chi connectivity index (χ0) is 40.2. The van der Waals surface area contributed by atoms with E-state index in [-0.39, 0.29) is 40.4 Å². The van der Waals surface area contributed by atoms with Gasteiger partial charge >= 0.3 is 12.1 Å². The second-order valence-corrected chi connectivity index (χ2v) is 16.1. The minimum absolute atomic E-state index is 0.00472. The van der Waals surface area contributed by atoms with Crippen LogP contribution in [-0.4, -0.2) is 72.1 Å². The number of hydrogen-bond donors (Lipinski definition) is 3. The standard InChI is InChI=1S/C39H45FN6O8S/c1-8-33(53-36(48)34(41)39(3,4)5)54-38(49)46(30-19-18-29(55(7,50)51)21-31(30)52-6)37-43-32-20-13-26(22-45(32)44-37)25-11-16-28(17-12-25)42-35(47)23(2)24-9-14-27(40)15-10-24/h9-23,33-35,42,47H,8,41H2,1-7H3/t23-,33?,34-,35?/m1/s1. The van der Waals surface area contributed by atoms with Crippen LogP contribution in [0.4, 0.5) is 26.5 Å². The molecule has 14 nitrogen and oxygen atoms in total. The van der Waals surface area contributed by atoms with Crippen LogP contribution in [0.25, 0.3) is 16.8 Å². The van der Waals surface area contributed by atoms with Gasteiger partial charge in [-0.3, -0.25) is 4.79 Å². The Balaban J connectivity index is 1.44. The smallest absolute Gasteiger partial charge is 0.424 e. The SMILES string of the molecule is CCC(OC(=O)[C@@H](N)C(C)(C)C)OC(=O)N(c1nc2ccc(-c3ccc(NC(O)[C@H](C)c4ccc(F)cc4)cc3)cn2n1)c1ccc(S(C)(=O)=O)cc1OC. The highest BCUT2D eigenvalue weighted by molar-refractivity contribution is 7.90. The highest BCUT2D eigenvalue weighted by Crippen LogP contribution is 2.36. The van der Waals surface area contributed by atoms with Crippen LogP contribution in [-0.2, 0) is 24.1 Å². The first-order valence-corrected chi connectivity index (χ1v) is 19.3. The number of methoxy groups -OCH3 is 1. The fourth-order valence-corrected chi connectivity index (χ4v) is 6.05. The number of aliphatic hydroxyl groups excluding tert-OH is 1. The van der Waals surface area contributed by atoms with Crippen molar-refractivity contribution >= 4 is 44.9 Å². The van der Waals surface area contributed by atoms with Crippen molar-refractivity contribution in [1.82, 2.24) is 14.6 Å². The molecule has 5 aromatic rings. The van der Waals surface area contributed by atoms with Crippen LogP contribution in [0.15, 0.2) is 90.0 Å². The van der Waals surface area contributed by atoms with Crippen LogP contribution in [0, 0.1) is 11.2 Å². The molecule has 16 heteroatoms. The predicted molar refractivity (Wildman–Crippen MR) is 205 cm³/mol. The van der Waals surface area contributed by atoms with Crippen molar-refractivity contribution in [1.29, 1.82) is 0 Å². The Kier molecular flexibility index (Phi) is 12.1. The lowest BCUT2D eigenvalue weighted by atomic mass is 9.87. The molecule has 0 saturated heterocycles. The topological polar surface area (TPSA) is 188 Å². The number of rotatable bonds is 13. The number of aromatic nitrogens is 3. The Hall–Kier alpha value is -5.58. The Morgan fingerprint density at radius 3 is 2.25 bits per heavy atom. The van der Waals surface area contributed by atoms with E-state index in [1.54, 1.807) is 52.1 Å². The number of carbonyl (C=O) groups excluding carboxylic acids is 2. The number of nitrogens with zero attached hydrogens (tertiary/aromatic N) is 4. The van der Waals surface area contributed by atoms with E-state index in [1.165, 1.54) is 42.0 Å². The number of nitrogens with one attached hydrogen (secondary N) is 1. The average molecular weight is 777 g/mol. The summed E-state index contributed by atoms with van der Waals surface area (Å²) in [6.07, 6.45) is -0.457. The largest absolute Gasteiger partial charge is 0.495 e. The van der Waals surface area contributed by atoms with Crippen LogP contribution >= 0.6 is 0 Å². The number of benzene rings is 3. The van der Waals surface area contributed by atoms with Gasteiger partial charge in [-0.1, -0.05) is 58.9 Å². The fourth-order valence-electron chi connectivity index (χ4n) is 5.41. The van der Waals surface area contributed by atoms with Crippen molar-refractivity contribution in [3.8, 4) is 16.9 Å². The second kappa shape index (κ2) is 16.4. The van der Waals surface area contributed by atoms with Gasteiger partial charge in [-0.25, -0.2) is 27.0 Å². The molecule has 2 aromatic heterocycles. The number of hydrogen-bond acceptors (Lipinski definition) is 12. The van der Waals surface area contributed by atoms with Crippen molar-refractivity contribution in [2.45, 2.75) is 70.4 Å². The summed E-state index contributed by atoms with van der Waals surface area (Å²) in [4.78, 5) is 32.3. The predicted octanol–water partition coefficient (Wildman–Crippen LogP) is 6.41. The summed E-state index contributed by atoms with van der Waals surface area (Å²) >= 11 is 0. The number of pyridine rings is 1. The van der Waals surface area contributed by atoms with E-state index in [9.17, 15) is 27.5 Å². The van der Waals surface area contributed by atoms with Gasteiger partial charge in [-0.2, -0.15) is 4.98 Å². The maximum absolute atomic E-state index is 14.0. The lowest BCUT2D eigenvalue weighted by Crippen LogP contribution is -2.45. The van der Waals surface area contributed by atoms with E-state index < -0.39 is 45.9 Å². The number of ether oxygens (including phenoxy) is 3. The minimum atomic E-state index is -3.64. The molecular weight excluding hydrogens is 732 g/mol. The molecule has 2 unspecified atom stereocenters. The number of aliphatic hydroxyl groups is 1. The average Bonchev–Trinajstić information content (AvgIpc) is 3.56. The van der Waals surface area contributed by atoms with Crippen LogP contribution in [0.2, 0.25) is 0 Å². The molecule has 0 fully saturated rings. The molecule has 4 N–H and O–H groups in total. The molecule has 0 bridgehead atoms. The van der Waals surface area contributed by atoms with Crippen LogP contribution in [0.5, 0.6) is 5.75 Å². The van der Waals surface area contributed by atoms with Gasteiger partial charge in [0.1, 0.15) is 23.8 Å². The maximum atomic E-state index is 14.0. The van der Waals surface area contributed by atoms with Gasteiger partial charge in [0.15, 0.2) is 15.5 Å². The van der Waals surface area contributed by atoms with E-state index in [4.69, 9.17) is 19.9 Å². The van der Waals surface area contributed by atoms with Crippen molar-refractivity contribution in [3.63, 3.8) is 0 Å². The van der Waals surface area contributed by atoms with Gasteiger partial charge in [0.05, 0.1) is 17.7 Å². The van der Waals surface area contributed by atoms with Crippen LogP contribution in [0.3, 0.4) is 0 Å². The normalized spacial score (nSPS) is 14.1. The highest BCUT2D eigenvalue weighted by atomic mass is 32.2. The number of fused-ring (bicyclic) bond motifs is 1. The summed E-state index contributed by atoms with van der Waals surface area (Å²) < 4.78 is 56.2. The molecule has 0 aliphatic carbocycles. The molecule has 0 aliphatic rings. The van der Waals surface area contributed by atoms with Crippen LogP contribution in [0.1, 0.15) is 52.5 Å². The minimum Gasteiger partial charge on any atom is -0.495 e. The lowest BCUT2D eigenvalue weighted by molar-refractivity contribution is -0.171.